The molecule has 0 aliphatic heterocycles. The first kappa shape index (κ1) is 36.9. The number of benzene rings is 8. The number of rotatable bonds is 13. The average molecular weight is 757 g/mol. The van der Waals surface area contributed by atoms with Gasteiger partial charge in [-0.05, 0) is 58.8 Å². The lowest BCUT2D eigenvalue weighted by Crippen LogP contribution is -2.23. The first-order valence-electron chi connectivity index (χ1n) is 19.0. The zero-order valence-corrected chi connectivity index (χ0v) is 32.8. The third-order valence-corrected chi connectivity index (χ3v) is 14.8. The molecule has 56 heavy (non-hydrogen) atoms. The molecule has 1 unspecified atom stereocenters. The van der Waals surface area contributed by atoms with Gasteiger partial charge in [-0.15, -0.1) is 0 Å². The second-order valence-corrected chi connectivity index (χ2v) is 17.8. The number of nitrogens with zero attached hydrogens (tertiary/aromatic N) is 2. The van der Waals surface area contributed by atoms with Gasteiger partial charge in [-0.3, -0.25) is 9.98 Å². The van der Waals surface area contributed by atoms with Crippen molar-refractivity contribution in [3.63, 3.8) is 0 Å². The van der Waals surface area contributed by atoms with Crippen LogP contribution in [-0.2, 0) is 0 Å². The van der Waals surface area contributed by atoms with Crippen molar-refractivity contribution >= 4 is 60.1 Å². The Bertz CT molecular complexity index is 2220. The molecule has 0 aromatic heterocycles. The van der Waals surface area contributed by atoms with Crippen molar-refractivity contribution in [3.05, 3.63) is 253 Å². The summed E-state index contributed by atoms with van der Waals surface area (Å²) in [6.07, 6.45) is 4.19. The molecule has 0 bridgehead atoms. The zero-order valence-electron chi connectivity index (χ0n) is 31.0. The Hall–Kier alpha value is -6.04. The molecular weight excluding hydrogens is 715 g/mol. The second kappa shape index (κ2) is 18.5. The molecule has 0 radical (unpaired) electrons. The van der Waals surface area contributed by atoms with Crippen LogP contribution in [-0.4, -0.2) is 12.4 Å². The molecule has 0 amide bonds. The minimum atomic E-state index is -0.816. The maximum Gasteiger partial charge on any atom is 0.101 e. The van der Waals surface area contributed by atoms with Gasteiger partial charge in [0, 0.05) is 23.6 Å². The van der Waals surface area contributed by atoms with Crippen LogP contribution in [0.15, 0.2) is 241 Å². The summed E-state index contributed by atoms with van der Waals surface area (Å²) >= 11 is 0. The monoisotopic (exact) mass is 756 g/mol. The van der Waals surface area contributed by atoms with E-state index in [1.165, 1.54) is 31.8 Å². The number of hydrogen-bond donors (Lipinski definition) is 0. The van der Waals surface area contributed by atoms with Crippen molar-refractivity contribution in [2.75, 3.05) is 0 Å². The van der Waals surface area contributed by atoms with E-state index in [9.17, 15) is 0 Å². The standard InChI is InChI=1S/C52H42N2P2/c1-7-23-41(24-8-1)51(53-39-43-27-19-21-37-49(43)55(45-29-11-3-12-30-45)46-31-13-4-14-32-46)52(42-25-9-2-10-26-42)54-40-44-28-20-22-38-50(44)56(47-33-15-5-16-34-47)48-35-17-6-18-36-48/h1-40,51-52H/t51-,52?/m1/s1. The summed E-state index contributed by atoms with van der Waals surface area (Å²) < 4.78 is 0. The minimum Gasteiger partial charge on any atom is -0.282 e. The topological polar surface area (TPSA) is 24.7 Å². The van der Waals surface area contributed by atoms with E-state index in [2.05, 4.69) is 243 Å². The third-order valence-electron chi connectivity index (χ3n) is 9.74. The van der Waals surface area contributed by atoms with E-state index < -0.39 is 15.8 Å². The third kappa shape index (κ3) is 8.75. The number of aliphatic imine (C=N–C) groups is 2. The molecular formula is C52H42N2P2. The molecule has 270 valence electrons. The highest BCUT2D eigenvalue weighted by Crippen LogP contribution is 2.38. The quantitative estimate of drug-likeness (QED) is 0.0827. The zero-order chi connectivity index (χ0) is 37.8. The van der Waals surface area contributed by atoms with E-state index in [0.29, 0.717) is 0 Å². The van der Waals surface area contributed by atoms with E-state index >= 15 is 0 Å². The van der Waals surface area contributed by atoms with Gasteiger partial charge < -0.3 is 0 Å². The van der Waals surface area contributed by atoms with Crippen LogP contribution in [0.5, 0.6) is 0 Å². The molecule has 0 N–H and O–H groups in total. The Kier molecular flexibility index (Phi) is 12.2. The van der Waals surface area contributed by atoms with Crippen molar-refractivity contribution in [3.8, 4) is 0 Å². The molecule has 0 saturated carbocycles. The Morgan fingerprint density at radius 2 is 0.536 bits per heavy atom. The second-order valence-electron chi connectivity index (χ2n) is 13.4. The smallest absolute Gasteiger partial charge is 0.101 e. The Balaban J connectivity index is 1.23. The van der Waals surface area contributed by atoms with Crippen molar-refractivity contribution in [2.24, 2.45) is 9.98 Å². The molecule has 0 fully saturated rings. The summed E-state index contributed by atoms with van der Waals surface area (Å²) in [5, 5.41) is 7.80. The lowest BCUT2D eigenvalue weighted by atomic mass is 9.94. The average Bonchev–Trinajstić information content (AvgIpc) is 3.28. The highest BCUT2D eigenvalue weighted by atomic mass is 31.1. The molecule has 0 heterocycles. The van der Waals surface area contributed by atoms with Gasteiger partial charge in [0.05, 0.1) is 0 Å². The summed E-state index contributed by atoms with van der Waals surface area (Å²) in [6, 6.07) is 81.6. The van der Waals surface area contributed by atoms with E-state index in [1.807, 2.05) is 0 Å². The SMILES string of the molecule is C(=NC(c1ccccc1)[C@H](N=Cc1ccccc1P(c1ccccc1)c1ccccc1)c1ccccc1)c1ccccc1P(c1ccccc1)c1ccccc1. The molecule has 4 heteroatoms. The Labute approximate surface area is 333 Å². The van der Waals surface area contributed by atoms with Crippen molar-refractivity contribution in [1.29, 1.82) is 0 Å². The molecule has 8 aromatic rings. The largest absolute Gasteiger partial charge is 0.282 e. The molecule has 0 aliphatic rings. The van der Waals surface area contributed by atoms with Gasteiger partial charge in [-0.2, -0.15) is 0 Å². The van der Waals surface area contributed by atoms with E-state index in [4.69, 9.17) is 9.98 Å². The predicted octanol–water partition coefficient (Wildman–Crippen LogP) is 10.2. The van der Waals surface area contributed by atoms with Gasteiger partial charge in [0.25, 0.3) is 0 Å². The first-order valence-corrected chi connectivity index (χ1v) is 21.7. The lowest BCUT2D eigenvalue weighted by molar-refractivity contribution is 0.583. The molecule has 8 rings (SSSR count). The summed E-state index contributed by atoms with van der Waals surface area (Å²) in [7, 11) is -1.63. The fourth-order valence-electron chi connectivity index (χ4n) is 7.08. The lowest BCUT2D eigenvalue weighted by Gasteiger charge is -2.24. The maximum absolute atomic E-state index is 5.51. The Morgan fingerprint density at radius 3 is 0.839 bits per heavy atom. The van der Waals surface area contributed by atoms with Crippen LogP contribution >= 0.6 is 15.8 Å². The van der Waals surface area contributed by atoms with Crippen LogP contribution in [0, 0.1) is 0 Å². The summed E-state index contributed by atoms with van der Waals surface area (Å²) in [4.78, 5) is 11.0. The highest BCUT2D eigenvalue weighted by molar-refractivity contribution is 7.80. The molecule has 0 spiro atoms. The van der Waals surface area contributed by atoms with E-state index in [0.717, 1.165) is 22.3 Å². The van der Waals surface area contributed by atoms with Gasteiger partial charge >= 0.3 is 0 Å². The normalized spacial score (nSPS) is 12.7. The van der Waals surface area contributed by atoms with E-state index in [-0.39, 0.29) is 12.1 Å². The van der Waals surface area contributed by atoms with Crippen LogP contribution in [0.4, 0.5) is 0 Å². The van der Waals surface area contributed by atoms with Crippen molar-refractivity contribution < 1.29 is 0 Å². The minimum absolute atomic E-state index is 0.278. The highest BCUT2D eigenvalue weighted by Gasteiger charge is 2.25. The predicted molar refractivity (Wildman–Crippen MR) is 244 cm³/mol. The molecule has 2 atom stereocenters. The van der Waals surface area contributed by atoms with Crippen LogP contribution < -0.4 is 31.8 Å². The van der Waals surface area contributed by atoms with Crippen LogP contribution in [0.25, 0.3) is 0 Å². The summed E-state index contributed by atoms with van der Waals surface area (Å²) in [5.41, 5.74) is 4.46. The fourth-order valence-corrected chi connectivity index (χ4v) is 11.9. The van der Waals surface area contributed by atoms with Crippen molar-refractivity contribution in [1.82, 2.24) is 0 Å². The molecule has 8 aromatic carbocycles. The van der Waals surface area contributed by atoms with Crippen molar-refractivity contribution in [2.45, 2.75) is 12.1 Å². The molecule has 0 aliphatic carbocycles. The summed E-state index contributed by atoms with van der Waals surface area (Å²) in [6.45, 7) is 0. The molecule has 2 nitrogen and oxygen atoms in total. The van der Waals surface area contributed by atoms with Gasteiger partial charge in [-0.25, -0.2) is 0 Å². The van der Waals surface area contributed by atoms with Crippen LogP contribution in [0.2, 0.25) is 0 Å². The first-order chi connectivity index (χ1) is 27.8. The fraction of sp³-hybridized carbons (Fsp3) is 0.0385. The van der Waals surface area contributed by atoms with Gasteiger partial charge in [0.1, 0.15) is 12.1 Å². The molecule has 0 saturated heterocycles. The summed E-state index contributed by atoms with van der Waals surface area (Å²) in [5.74, 6) is 0. The van der Waals surface area contributed by atoms with E-state index in [1.54, 1.807) is 0 Å². The maximum atomic E-state index is 5.51. The van der Waals surface area contributed by atoms with Crippen LogP contribution in [0.3, 0.4) is 0 Å². The van der Waals surface area contributed by atoms with Gasteiger partial charge in [-0.1, -0.05) is 231 Å². The van der Waals surface area contributed by atoms with Gasteiger partial charge in [0.15, 0.2) is 0 Å². The number of hydrogen-bond acceptors (Lipinski definition) is 2. The van der Waals surface area contributed by atoms with Crippen LogP contribution in [0.1, 0.15) is 34.3 Å². The van der Waals surface area contributed by atoms with Gasteiger partial charge in [0.2, 0.25) is 0 Å². The Morgan fingerprint density at radius 1 is 0.286 bits per heavy atom.